The van der Waals surface area contributed by atoms with Crippen LogP contribution in [0.25, 0.3) is 0 Å². The van der Waals surface area contributed by atoms with Gasteiger partial charge in [-0.3, -0.25) is 0 Å². The van der Waals surface area contributed by atoms with Crippen LogP contribution in [-0.2, 0) is 15.5 Å². The van der Waals surface area contributed by atoms with Crippen molar-refractivity contribution in [1.29, 1.82) is 0 Å². The second kappa shape index (κ2) is 9.91. The van der Waals surface area contributed by atoms with Gasteiger partial charge in [-0.2, -0.15) is 13.2 Å². The molecule has 3 rings (SSSR count). The molecule has 1 atom stereocenters. The zero-order valence-corrected chi connectivity index (χ0v) is 18.9. The first-order valence-corrected chi connectivity index (χ1v) is 10.3. The van der Waals surface area contributed by atoms with Gasteiger partial charge in [0, 0.05) is 5.69 Å². The fourth-order valence-corrected chi connectivity index (χ4v) is 2.94. The minimum Gasteiger partial charge on any atom is -0.402 e. The van der Waals surface area contributed by atoms with E-state index in [1.165, 1.54) is 0 Å². The van der Waals surface area contributed by atoms with Gasteiger partial charge in [-0.05, 0) is 63.0 Å². The van der Waals surface area contributed by atoms with E-state index in [4.69, 9.17) is 9.31 Å². The summed E-state index contributed by atoms with van der Waals surface area (Å²) in [5.74, 6) is -0.975. The van der Waals surface area contributed by atoms with E-state index in [1.807, 2.05) is 34.6 Å². The maximum Gasteiger partial charge on any atom is 0.494 e. The van der Waals surface area contributed by atoms with E-state index < -0.39 is 42.0 Å². The highest BCUT2D eigenvalue weighted by molar-refractivity contribution is 6.62. The van der Waals surface area contributed by atoms with Gasteiger partial charge in [-0.1, -0.05) is 26.0 Å². The Morgan fingerprint density at radius 3 is 2.22 bits per heavy atom. The van der Waals surface area contributed by atoms with E-state index in [1.54, 1.807) is 25.1 Å². The van der Waals surface area contributed by atoms with Crippen molar-refractivity contribution in [3.8, 4) is 0 Å². The van der Waals surface area contributed by atoms with E-state index in [9.17, 15) is 22.4 Å². The number of amides is 2. The quantitative estimate of drug-likeness (QED) is 0.460. The fraction of sp³-hybridized carbons (Fsp3) is 0.409. The van der Waals surface area contributed by atoms with E-state index in [0.29, 0.717) is 29.4 Å². The summed E-state index contributed by atoms with van der Waals surface area (Å²) < 4.78 is 63.9. The molecule has 0 bridgehead atoms. The number of halogens is 4. The number of anilines is 2. The van der Waals surface area contributed by atoms with Crippen molar-refractivity contribution in [1.82, 2.24) is 0 Å². The molecule has 174 valence electrons. The van der Waals surface area contributed by atoms with E-state index in [-0.39, 0.29) is 6.10 Å². The highest BCUT2D eigenvalue weighted by Gasteiger charge is 2.43. The average molecular weight is 454 g/mol. The molecule has 0 aromatic heterocycles. The van der Waals surface area contributed by atoms with Crippen molar-refractivity contribution in [3.05, 3.63) is 53.3 Å². The summed E-state index contributed by atoms with van der Waals surface area (Å²) in [5, 5.41) is 4.62. The molecule has 32 heavy (non-hydrogen) atoms. The van der Waals surface area contributed by atoms with Gasteiger partial charge in [0.2, 0.25) is 0 Å². The van der Waals surface area contributed by atoms with Crippen molar-refractivity contribution in [2.24, 2.45) is 0 Å². The van der Waals surface area contributed by atoms with Crippen molar-refractivity contribution >= 4 is 30.0 Å². The number of alkyl halides is 3. The van der Waals surface area contributed by atoms with Gasteiger partial charge >= 0.3 is 19.3 Å². The van der Waals surface area contributed by atoms with Crippen molar-refractivity contribution in [2.45, 2.75) is 59.4 Å². The minimum atomic E-state index is -4.65. The number of rotatable bonds is 3. The predicted molar refractivity (Wildman–Crippen MR) is 118 cm³/mol. The topological polar surface area (TPSA) is 59.6 Å². The molecule has 1 heterocycles. The van der Waals surface area contributed by atoms with Crippen LogP contribution in [0.2, 0.25) is 0 Å². The number of benzene rings is 2. The number of carbonyl (C=O) groups excluding carboxylic acids is 1. The Morgan fingerprint density at radius 2 is 1.69 bits per heavy atom. The van der Waals surface area contributed by atoms with E-state index in [2.05, 4.69) is 10.6 Å². The van der Waals surface area contributed by atoms with Crippen LogP contribution in [0, 0.1) is 12.7 Å². The van der Waals surface area contributed by atoms with Gasteiger partial charge in [-0.25, -0.2) is 9.18 Å². The van der Waals surface area contributed by atoms with Gasteiger partial charge in [0.05, 0.1) is 23.0 Å². The normalized spacial score (nSPS) is 17.4. The van der Waals surface area contributed by atoms with Crippen LogP contribution < -0.4 is 16.1 Å². The lowest BCUT2D eigenvalue weighted by atomic mass is 9.78. The summed E-state index contributed by atoms with van der Waals surface area (Å²) in [6, 6.07) is 6.05. The standard InChI is InChI=1S/C20H21BF4N2O3.C2H6/c1-11-9-14(21-29-12(2)19(3,4)30-21)6-8-16(11)26-18(28)27-17-10-13(20(23,24)25)5-7-15(17)22;1-2/h5-10,12H,1-4H3,(H2,26,27,28);1-2H3. The molecule has 2 aromatic rings. The molecule has 2 aromatic carbocycles. The lowest BCUT2D eigenvalue weighted by molar-refractivity contribution is -0.137. The van der Waals surface area contributed by atoms with Crippen molar-refractivity contribution in [3.63, 3.8) is 0 Å². The second-order valence-corrected chi connectivity index (χ2v) is 7.68. The molecule has 0 radical (unpaired) electrons. The van der Waals surface area contributed by atoms with Gasteiger partial charge in [0.15, 0.2) is 0 Å². The first kappa shape index (κ1) is 25.7. The molecule has 2 amide bonds. The van der Waals surface area contributed by atoms with Crippen molar-refractivity contribution in [2.75, 3.05) is 10.6 Å². The highest BCUT2D eigenvalue weighted by atomic mass is 19.4. The number of nitrogens with one attached hydrogen (secondary N) is 2. The average Bonchev–Trinajstić information content (AvgIpc) is 2.98. The predicted octanol–water partition coefficient (Wildman–Crippen LogP) is 5.73. The zero-order chi connectivity index (χ0) is 24.3. The van der Waals surface area contributed by atoms with Gasteiger partial charge in [0.25, 0.3) is 0 Å². The number of urea groups is 1. The molecule has 0 aliphatic carbocycles. The third-order valence-corrected chi connectivity index (χ3v) is 5.03. The van der Waals surface area contributed by atoms with Crippen LogP contribution >= 0.6 is 0 Å². The Bertz CT molecular complexity index is 967. The summed E-state index contributed by atoms with van der Waals surface area (Å²) in [4.78, 5) is 12.2. The third-order valence-electron chi connectivity index (χ3n) is 5.03. The number of carbonyl (C=O) groups is 1. The van der Waals surface area contributed by atoms with Crippen LogP contribution in [0.1, 0.15) is 45.7 Å². The van der Waals surface area contributed by atoms with E-state index >= 15 is 0 Å². The molecule has 0 spiro atoms. The third kappa shape index (κ3) is 6.01. The molecular weight excluding hydrogens is 427 g/mol. The Morgan fingerprint density at radius 1 is 1.06 bits per heavy atom. The molecule has 1 aliphatic rings. The SMILES string of the molecule is CC.Cc1cc(B2OC(C)C(C)(C)O2)ccc1NC(=O)Nc1cc(C(F)(F)F)ccc1F. The summed E-state index contributed by atoms with van der Waals surface area (Å²) >= 11 is 0. The van der Waals surface area contributed by atoms with Crippen LogP contribution in [0.3, 0.4) is 0 Å². The Kier molecular flexibility index (Phi) is 7.95. The fourth-order valence-electron chi connectivity index (χ4n) is 2.94. The lowest BCUT2D eigenvalue weighted by Gasteiger charge is -2.21. The number of hydrogen-bond donors (Lipinski definition) is 2. The number of aryl methyl sites for hydroxylation is 1. The first-order valence-electron chi connectivity index (χ1n) is 10.3. The maximum absolute atomic E-state index is 13.8. The van der Waals surface area contributed by atoms with Crippen LogP contribution in [0.4, 0.5) is 33.7 Å². The Balaban J connectivity index is 0.00000176. The molecule has 5 nitrogen and oxygen atoms in total. The summed E-state index contributed by atoms with van der Waals surface area (Å²) in [5.41, 5.74) is -0.218. The monoisotopic (exact) mass is 454 g/mol. The molecular formula is C22H27BF4N2O3. The first-order chi connectivity index (χ1) is 14.9. The molecule has 10 heteroatoms. The number of hydrogen-bond acceptors (Lipinski definition) is 3. The second-order valence-electron chi connectivity index (χ2n) is 7.68. The molecule has 0 saturated carbocycles. The summed E-state index contributed by atoms with van der Waals surface area (Å²) in [6.45, 7) is 11.5. The van der Waals surface area contributed by atoms with Crippen LogP contribution in [0.15, 0.2) is 36.4 Å². The largest absolute Gasteiger partial charge is 0.494 e. The molecule has 1 saturated heterocycles. The Labute approximate surface area is 185 Å². The zero-order valence-electron chi connectivity index (χ0n) is 18.9. The van der Waals surface area contributed by atoms with Crippen molar-refractivity contribution < 1.29 is 31.7 Å². The van der Waals surface area contributed by atoms with Gasteiger partial charge in [-0.15, -0.1) is 0 Å². The summed E-state index contributed by atoms with van der Waals surface area (Å²) in [6.07, 6.45) is -4.75. The molecule has 2 N–H and O–H groups in total. The van der Waals surface area contributed by atoms with Crippen LogP contribution in [-0.4, -0.2) is 24.9 Å². The molecule has 1 aliphatic heterocycles. The molecule has 1 fully saturated rings. The smallest absolute Gasteiger partial charge is 0.402 e. The highest BCUT2D eigenvalue weighted by Crippen LogP contribution is 2.32. The Hall–Kier alpha value is -2.59. The molecule has 1 unspecified atom stereocenters. The maximum atomic E-state index is 13.8. The van der Waals surface area contributed by atoms with Gasteiger partial charge in [0.1, 0.15) is 5.82 Å². The lowest BCUT2D eigenvalue weighted by Crippen LogP contribution is -2.35. The van der Waals surface area contributed by atoms with Gasteiger partial charge < -0.3 is 19.9 Å². The minimum absolute atomic E-state index is 0.103. The van der Waals surface area contributed by atoms with Crippen LogP contribution in [0.5, 0.6) is 0 Å². The summed E-state index contributed by atoms with van der Waals surface area (Å²) in [7, 11) is -0.546. The van der Waals surface area contributed by atoms with E-state index in [0.717, 1.165) is 5.46 Å².